The first-order chi connectivity index (χ1) is 21.6. The fraction of sp³-hybridized carbons (Fsp3) is 0.556. The monoisotopic (exact) mass is 761 g/mol. The number of hydrogen-bond donors (Lipinski definition) is 3. The number of benzene rings is 1. The van der Waals surface area contributed by atoms with Gasteiger partial charge >= 0.3 is 12.1 Å². The minimum atomic E-state index is -1.92. The van der Waals surface area contributed by atoms with Gasteiger partial charge in [-0.15, -0.1) is 11.8 Å². The molecule has 0 aliphatic carbocycles. The molecular weight excluding hydrogens is 725 g/mol. The number of nitrogens with zero attached hydrogens (tertiary/aromatic N) is 2. The number of nitrogens with two attached hydrogens (primary N) is 1. The van der Waals surface area contributed by atoms with Crippen LogP contribution in [-0.4, -0.2) is 123 Å². The van der Waals surface area contributed by atoms with Crippen molar-refractivity contribution < 1.29 is 38.2 Å². The number of ether oxygens (including phenoxy) is 2. The fourth-order valence-electron chi connectivity index (χ4n) is 3.47. The highest BCUT2D eigenvalue weighted by Gasteiger charge is 2.36. The van der Waals surface area contributed by atoms with Crippen LogP contribution in [0.4, 0.5) is 4.79 Å². The molecule has 1 rings (SSSR count). The average Bonchev–Trinajstić information content (AvgIpc) is 3.01. The molecule has 4 amide bonds. The minimum absolute atomic E-state index is 0.0806. The van der Waals surface area contributed by atoms with Gasteiger partial charge < -0.3 is 35.6 Å². The Kier molecular flexibility index (Phi) is 19.8. The van der Waals surface area contributed by atoms with Crippen LogP contribution < -0.4 is 16.4 Å². The maximum atomic E-state index is 13.6. The molecule has 258 valence electrons. The SMILES string of the molecule is CSC[C@@H](C(=O)SC[C@H](NC(=O)OCc1ccccc1)C(=O)OCC(Cl)(Cl)Cl)N(C)C(=O)[C@H](CSCNC(C)=O)N(C)C(=O)CN. The highest BCUT2D eigenvalue weighted by molar-refractivity contribution is 8.14. The fourth-order valence-corrected chi connectivity index (χ4v) is 6.42. The van der Waals surface area contributed by atoms with Crippen molar-refractivity contribution in [2.75, 3.05) is 56.6 Å². The molecule has 46 heavy (non-hydrogen) atoms. The van der Waals surface area contributed by atoms with Crippen LogP contribution in [0.25, 0.3) is 0 Å². The number of alkyl halides is 3. The molecule has 0 spiro atoms. The predicted octanol–water partition coefficient (Wildman–Crippen LogP) is 2.26. The zero-order valence-electron chi connectivity index (χ0n) is 25.7. The van der Waals surface area contributed by atoms with Crippen LogP contribution >= 0.6 is 70.1 Å². The van der Waals surface area contributed by atoms with Crippen LogP contribution in [0.2, 0.25) is 0 Å². The van der Waals surface area contributed by atoms with Crippen molar-refractivity contribution in [2.24, 2.45) is 5.73 Å². The summed E-state index contributed by atoms with van der Waals surface area (Å²) in [6, 6.07) is 5.46. The predicted molar refractivity (Wildman–Crippen MR) is 184 cm³/mol. The smallest absolute Gasteiger partial charge is 0.408 e. The highest BCUT2D eigenvalue weighted by atomic mass is 35.6. The van der Waals surface area contributed by atoms with E-state index >= 15 is 0 Å². The quantitative estimate of drug-likeness (QED) is 0.0862. The Bertz CT molecular complexity index is 1180. The number of hydrogen-bond acceptors (Lipinski definition) is 12. The second kappa shape index (κ2) is 21.7. The molecule has 1 aromatic carbocycles. The number of carbonyl (C=O) groups excluding carboxylic acids is 6. The number of thioether (sulfide) groups is 3. The molecule has 0 unspecified atom stereocenters. The zero-order valence-corrected chi connectivity index (χ0v) is 30.4. The molecule has 0 aliphatic heterocycles. The van der Waals surface area contributed by atoms with Gasteiger partial charge in [-0.1, -0.05) is 76.9 Å². The Morgan fingerprint density at radius 2 is 1.61 bits per heavy atom. The van der Waals surface area contributed by atoms with Crippen molar-refractivity contribution in [3.8, 4) is 0 Å². The summed E-state index contributed by atoms with van der Waals surface area (Å²) in [4.78, 5) is 78.6. The van der Waals surface area contributed by atoms with E-state index in [1.54, 1.807) is 36.6 Å². The Balaban J connectivity index is 3.07. The normalized spacial score (nSPS) is 13.0. The van der Waals surface area contributed by atoms with E-state index in [0.717, 1.165) is 0 Å². The third kappa shape index (κ3) is 16.2. The lowest BCUT2D eigenvalue weighted by Gasteiger charge is -2.34. The summed E-state index contributed by atoms with van der Waals surface area (Å²) in [5.74, 6) is -2.06. The van der Waals surface area contributed by atoms with Gasteiger partial charge in [-0.3, -0.25) is 19.2 Å². The first kappa shape index (κ1) is 41.9. The van der Waals surface area contributed by atoms with Gasteiger partial charge in [0.05, 0.1) is 12.4 Å². The number of rotatable bonds is 18. The zero-order chi connectivity index (χ0) is 34.9. The van der Waals surface area contributed by atoms with Crippen LogP contribution in [0.15, 0.2) is 30.3 Å². The maximum absolute atomic E-state index is 13.6. The first-order valence-corrected chi connectivity index (χ1v) is 18.2. The lowest BCUT2D eigenvalue weighted by Crippen LogP contribution is -2.55. The van der Waals surface area contributed by atoms with Gasteiger partial charge in [0.15, 0.2) is 0 Å². The summed E-state index contributed by atoms with van der Waals surface area (Å²) in [6.45, 7) is 0.323. The third-order valence-electron chi connectivity index (χ3n) is 5.99. The highest BCUT2D eigenvalue weighted by Crippen LogP contribution is 2.26. The average molecular weight is 763 g/mol. The van der Waals surface area contributed by atoms with Gasteiger partial charge in [0.2, 0.25) is 26.6 Å². The van der Waals surface area contributed by atoms with E-state index in [9.17, 15) is 28.8 Å². The summed E-state index contributed by atoms with van der Waals surface area (Å²) < 4.78 is 8.31. The summed E-state index contributed by atoms with van der Waals surface area (Å²) >= 11 is 20.3. The minimum Gasteiger partial charge on any atom is -0.460 e. The van der Waals surface area contributed by atoms with Gasteiger partial charge in [0.1, 0.15) is 31.3 Å². The van der Waals surface area contributed by atoms with Crippen molar-refractivity contribution in [3.05, 3.63) is 35.9 Å². The number of carbonyl (C=O) groups is 6. The van der Waals surface area contributed by atoms with Crippen molar-refractivity contribution in [2.45, 2.75) is 35.4 Å². The van der Waals surface area contributed by atoms with E-state index in [1.165, 1.54) is 54.3 Å². The maximum Gasteiger partial charge on any atom is 0.408 e. The first-order valence-electron chi connectivity index (χ1n) is 13.5. The van der Waals surface area contributed by atoms with E-state index in [2.05, 4.69) is 10.6 Å². The number of nitrogens with one attached hydrogen (secondary N) is 2. The number of alkyl carbamates (subject to hydrolysis) is 1. The number of halogens is 3. The van der Waals surface area contributed by atoms with Crippen molar-refractivity contribution in [3.63, 3.8) is 0 Å². The third-order valence-corrected chi connectivity index (χ3v) is 8.92. The summed E-state index contributed by atoms with van der Waals surface area (Å²) in [5.41, 5.74) is 6.22. The van der Waals surface area contributed by atoms with Crippen molar-refractivity contribution in [1.29, 1.82) is 0 Å². The van der Waals surface area contributed by atoms with Gasteiger partial charge in [-0.05, 0) is 11.8 Å². The van der Waals surface area contributed by atoms with Gasteiger partial charge in [-0.25, -0.2) is 9.59 Å². The topological polar surface area (TPSA) is 177 Å². The number of amides is 4. The Morgan fingerprint density at radius 1 is 0.957 bits per heavy atom. The van der Waals surface area contributed by atoms with Gasteiger partial charge in [-0.2, -0.15) is 11.8 Å². The largest absolute Gasteiger partial charge is 0.460 e. The summed E-state index contributed by atoms with van der Waals surface area (Å²) in [7, 11) is 2.86. The Hall–Kier alpha value is -2.08. The van der Waals surface area contributed by atoms with Crippen LogP contribution in [-0.2, 0) is 40.1 Å². The van der Waals surface area contributed by atoms with E-state index < -0.39 is 57.5 Å². The summed E-state index contributed by atoms with van der Waals surface area (Å²) in [5, 5.41) is 4.49. The van der Waals surface area contributed by atoms with Crippen LogP contribution in [0.3, 0.4) is 0 Å². The molecule has 1 aromatic rings. The van der Waals surface area contributed by atoms with Crippen molar-refractivity contribution >= 4 is 105 Å². The second-order valence-electron chi connectivity index (χ2n) is 9.50. The standard InChI is InChI=1S/C27H38Cl3N5O8S3/c1-17(36)32-16-45-14-20(34(2)22(37)10-31)23(38)35(3)21(13-44-4)25(40)46-12-19(24(39)43-15-27(28,29)30)33-26(41)42-11-18-8-6-5-7-9-18/h5-9,19-21H,10-16,31H2,1-4H3,(H,32,36)(H,33,41)/t19-,20-,21-/m0/s1. The van der Waals surface area contributed by atoms with Crippen molar-refractivity contribution in [1.82, 2.24) is 20.4 Å². The van der Waals surface area contributed by atoms with E-state index in [-0.39, 0.29) is 42.2 Å². The molecule has 0 aliphatic rings. The molecule has 0 bridgehead atoms. The van der Waals surface area contributed by atoms with Crippen LogP contribution in [0, 0.1) is 0 Å². The molecule has 0 aromatic heterocycles. The molecule has 0 fully saturated rings. The molecule has 19 heteroatoms. The second-order valence-corrected chi connectivity index (χ2v) is 15.0. The number of likely N-dealkylation sites (N-methyl/N-ethyl adjacent to an activating group) is 2. The van der Waals surface area contributed by atoms with Crippen LogP contribution in [0.1, 0.15) is 12.5 Å². The molecule has 0 saturated carbocycles. The Labute approximate surface area is 296 Å². The number of esters is 1. The summed E-state index contributed by atoms with van der Waals surface area (Å²) in [6.07, 6.45) is 0.794. The molecule has 0 saturated heterocycles. The van der Waals surface area contributed by atoms with E-state index in [4.69, 9.17) is 50.0 Å². The lowest BCUT2D eigenvalue weighted by atomic mass is 10.2. The lowest BCUT2D eigenvalue weighted by molar-refractivity contribution is -0.145. The molecule has 0 heterocycles. The molecular formula is C27H38Cl3N5O8S3. The van der Waals surface area contributed by atoms with Gasteiger partial charge in [0.25, 0.3) is 0 Å². The molecule has 13 nitrogen and oxygen atoms in total. The molecule has 3 atom stereocenters. The molecule has 0 radical (unpaired) electrons. The van der Waals surface area contributed by atoms with Gasteiger partial charge in [0, 0.05) is 38.3 Å². The van der Waals surface area contributed by atoms with E-state index in [1.807, 2.05) is 0 Å². The molecule has 4 N–H and O–H groups in total. The van der Waals surface area contributed by atoms with E-state index in [0.29, 0.717) is 17.3 Å². The van der Waals surface area contributed by atoms with Crippen LogP contribution in [0.5, 0.6) is 0 Å². The Morgan fingerprint density at radius 3 is 2.17 bits per heavy atom.